The van der Waals surface area contributed by atoms with Crippen molar-refractivity contribution < 1.29 is 10.0 Å². The minimum Gasteiger partial charge on any atom is -0.429 e. The van der Waals surface area contributed by atoms with Crippen LogP contribution >= 0.6 is 23.2 Å². The second-order valence-electron chi connectivity index (χ2n) is 4.35. The van der Waals surface area contributed by atoms with Crippen LogP contribution in [0, 0.1) is 5.41 Å². The maximum absolute atomic E-state index is 11.7. The summed E-state index contributed by atoms with van der Waals surface area (Å²) in [5.41, 5.74) is -0.600. The van der Waals surface area contributed by atoms with E-state index in [1.807, 2.05) is 0 Å². The van der Waals surface area contributed by atoms with Crippen LogP contribution in [0.2, 0.25) is 10.0 Å². The lowest BCUT2D eigenvalue weighted by molar-refractivity contribution is -0.125. The Hall–Kier alpha value is -1.00. The van der Waals surface area contributed by atoms with E-state index in [4.69, 9.17) is 28.4 Å². The molecule has 4 nitrogen and oxygen atoms in total. The third kappa shape index (κ3) is 3.00. The van der Waals surface area contributed by atoms with E-state index in [0.29, 0.717) is 4.73 Å². The molecule has 1 N–H and O–H groups in total. The third-order valence-electron chi connectivity index (χ3n) is 1.80. The van der Waals surface area contributed by atoms with Crippen LogP contribution in [0.1, 0.15) is 20.8 Å². The lowest BCUT2D eigenvalue weighted by Gasteiger charge is -2.12. The molecule has 6 heteroatoms. The first-order chi connectivity index (χ1) is 7.21. The largest absolute Gasteiger partial charge is 0.429 e. The molecule has 0 aliphatic rings. The van der Waals surface area contributed by atoms with Gasteiger partial charge in [0.2, 0.25) is 0 Å². The van der Waals surface area contributed by atoms with Crippen molar-refractivity contribution in [2.45, 2.75) is 20.8 Å². The number of pyridine rings is 1. The average molecular weight is 263 g/mol. The highest BCUT2D eigenvalue weighted by Crippen LogP contribution is 2.15. The number of rotatable bonds is 0. The van der Waals surface area contributed by atoms with E-state index in [1.54, 1.807) is 20.8 Å². The fourth-order valence-electron chi connectivity index (χ4n) is 0.882. The van der Waals surface area contributed by atoms with Gasteiger partial charge in [0.25, 0.3) is 5.91 Å². The molecule has 0 unspecified atom stereocenters. The molecule has 1 amide bonds. The second kappa shape index (κ2) is 4.47. The Labute approximate surface area is 103 Å². The summed E-state index contributed by atoms with van der Waals surface area (Å²) >= 11 is 11.6. The number of hydrogen-bond acceptors (Lipinski definition) is 2. The molecule has 0 saturated heterocycles. The number of carbonyl (C=O) groups is 1. The zero-order valence-corrected chi connectivity index (χ0v) is 10.7. The Balaban J connectivity index is 3.35. The van der Waals surface area contributed by atoms with Crippen molar-refractivity contribution in [2.75, 3.05) is 0 Å². The second-order valence-corrected chi connectivity index (χ2v) is 5.16. The molecule has 0 aromatic carbocycles. The van der Waals surface area contributed by atoms with Gasteiger partial charge in [0, 0.05) is 5.41 Å². The van der Waals surface area contributed by atoms with Gasteiger partial charge in [-0.25, -0.2) is 4.99 Å². The number of hydrogen-bond donors (Lipinski definition) is 1. The lowest BCUT2D eigenvalue weighted by Crippen LogP contribution is -2.22. The van der Waals surface area contributed by atoms with Crippen LogP contribution in [-0.2, 0) is 4.79 Å². The first-order valence-electron chi connectivity index (χ1n) is 4.57. The highest BCUT2D eigenvalue weighted by molar-refractivity contribution is 6.34. The van der Waals surface area contributed by atoms with Gasteiger partial charge in [0.15, 0.2) is 0 Å². The van der Waals surface area contributed by atoms with Crippen LogP contribution in [-0.4, -0.2) is 15.8 Å². The summed E-state index contributed by atoms with van der Waals surface area (Å²) in [5, 5.41) is 9.54. The van der Waals surface area contributed by atoms with Crippen molar-refractivity contribution in [3.8, 4) is 0 Å². The normalized spacial score (nSPS) is 11.3. The predicted octanol–water partition coefficient (Wildman–Crippen LogP) is 2.51. The highest BCUT2D eigenvalue weighted by Gasteiger charge is 2.20. The fourth-order valence-corrected chi connectivity index (χ4v) is 1.42. The molecular formula is C10H12Cl2N2O2. The zero-order chi connectivity index (χ0) is 12.5. The number of halogens is 2. The smallest absolute Gasteiger partial charge is 0.251 e. The van der Waals surface area contributed by atoms with Crippen LogP contribution in [0.15, 0.2) is 17.4 Å². The van der Waals surface area contributed by atoms with E-state index in [0.717, 1.165) is 0 Å². The van der Waals surface area contributed by atoms with Gasteiger partial charge in [0.1, 0.15) is 5.36 Å². The molecule has 0 aliphatic heterocycles. The van der Waals surface area contributed by atoms with Crippen LogP contribution in [0.3, 0.4) is 0 Å². The van der Waals surface area contributed by atoms with Crippen LogP contribution in [0.25, 0.3) is 0 Å². The van der Waals surface area contributed by atoms with Crippen molar-refractivity contribution in [3.05, 3.63) is 27.8 Å². The summed E-state index contributed by atoms with van der Waals surface area (Å²) in [6.07, 6.45) is 2.42. The van der Waals surface area contributed by atoms with Crippen LogP contribution < -0.4 is 5.36 Å². The Morgan fingerprint density at radius 2 is 1.75 bits per heavy atom. The summed E-state index contributed by atoms with van der Waals surface area (Å²) in [6, 6.07) is 0. The molecule has 1 aromatic heterocycles. The fraction of sp³-hybridized carbons (Fsp3) is 0.400. The van der Waals surface area contributed by atoms with Gasteiger partial charge in [-0.1, -0.05) is 44.0 Å². The molecule has 1 rings (SSSR count). The van der Waals surface area contributed by atoms with Gasteiger partial charge in [-0.3, -0.25) is 4.79 Å². The molecule has 0 saturated carbocycles. The molecule has 88 valence electrons. The van der Waals surface area contributed by atoms with E-state index < -0.39 is 5.41 Å². The summed E-state index contributed by atoms with van der Waals surface area (Å²) in [6.45, 7) is 5.24. The molecule has 0 aliphatic carbocycles. The van der Waals surface area contributed by atoms with Gasteiger partial charge in [-0.2, -0.15) is 4.73 Å². The Kier molecular flexibility index (Phi) is 3.65. The molecular weight excluding hydrogens is 251 g/mol. The summed E-state index contributed by atoms with van der Waals surface area (Å²) in [5.74, 6) is -0.327. The number of carbonyl (C=O) groups excluding carboxylic acids is 1. The number of nitrogens with zero attached hydrogens (tertiary/aromatic N) is 2. The quantitative estimate of drug-likeness (QED) is 0.731. The SMILES string of the molecule is CC(C)(C)C(=O)N=c1c(Cl)cn(O)cc1Cl. The Morgan fingerprint density at radius 1 is 1.31 bits per heavy atom. The monoisotopic (exact) mass is 262 g/mol. The molecule has 0 bridgehead atoms. The lowest BCUT2D eigenvalue weighted by atomic mass is 9.96. The van der Waals surface area contributed by atoms with Crippen molar-refractivity contribution in [1.82, 2.24) is 4.73 Å². The molecule has 0 atom stereocenters. The minimum absolute atomic E-state index is 0.118. The van der Waals surface area contributed by atoms with Crippen molar-refractivity contribution in [3.63, 3.8) is 0 Å². The highest BCUT2D eigenvalue weighted by atomic mass is 35.5. The van der Waals surface area contributed by atoms with E-state index in [1.165, 1.54) is 12.4 Å². The molecule has 0 radical (unpaired) electrons. The molecule has 0 spiro atoms. The molecule has 16 heavy (non-hydrogen) atoms. The van der Waals surface area contributed by atoms with E-state index in [-0.39, 0.29) is 21.3 Å². The standard InChI is InChI=1S/C10H12Cl2N2O2/c1-10(2,3)9(15)13-8-6(11)4-14(16)5-7(8)12/h4-5,16H,1-3H3. The van der Waals surface area contributed by atoms with Gasteiger partial charge in [0.05, 0.1) is 22.4 Å². The average Bonchev–Trinajstić information content (AvgIpc) is 2.08. The predicted molar refractivity (Wildman–Crippen MR) is 61.7 cm³/mol. The minimum atomic E-state index is -0.600. The topological polar surface area (TPSA) is 54.6 Å². The Morgan fingerprint density at radius 3 is 2.12 bits per heavy atom. The zero-order valence-electron chi connectivity index (χ0n) is 9.16. The summed E-state index contributed by atoms with van der Waals surface area (Å²) in [4.78, 5) is 15.5. The van der Waals surface area contributed by atoms with Crippen molar-refractivity contribution >= 4 is 29.1 Å². The van der Waals surface area contributed by atoms with Crippen LogP contribution in [0.5, 0.6) is 0 Å². The van der Waals surface area contributed by atoms with E-state index in [9.17, 15) is 4.79 Å². The number of amides is 1. The van der Waals surface area contributed by atoms with Crippen molar-refractivity contribution in [1.29, 1.82) is 0 Å². The molecule has 0 fully saturated rings. The van der Waals surface area contributed by atoms with Gasteiger partial charge in [-0.05, 0) is 0 Å². The summed E-state index contributed by atoms with van der Waals surface area (Å²) in [7, 11) is 0. The molecule has 1 aromatic rings. The summed E-state index contributed by atoms with van der Waals surface area (Å²) < 4.78 is 0.714. The first kappa shape index (κ1) is 13.1. The number of aromatic nitrogens is 1. The third-order valence-corrected chi connectivity index (χ3v) is 2.35. The van der Waals surface area contributed by atoms with Crippen molar-refractivity contribution in [2.24, 2.45) is 10.4 Å². The maximum atomic E-state index is 11.7. The van der Waals surface area contributed by atoms with Crippen LogP contribution in [0.4, 0.5) is 0 Å². The van der Waals surface area contributed by atoms with Gasteiger partial charge in [-0.15, -0.1) is 0 Å². The first-order valence-corrected chi connectivity index (χ1v) is 5.33. The van der Waals surface area contributed by atoms with Gasteiger partial charge < -0.3 is 5.21 Å². The Bertz CT molecular complexity index is 460. The van der Waals surface area contributed by atoms with E-state index >= 15 is 0 Å². The maximum Gasteiger partial charge on any atom is 0.251 e. The molecule has 1 heterocycles. The van der Waals surface area contributed by atoms with Gasteiger partial charge >= 0.3 is 0 Å². The van der Waals surface area contributed by atoms with E-state index in [2.05, 4.69) is 4.99 Å².